The zero-order chi connectivity index (χ0) is 24.8. The van der Waals surface area contributed by atoms with E-state index in [4.69, 9.17) is 0 Å². The predicted octanol–water partition coefficient (Wildman–Crippen LogP) is 3.32. The van der Waals surface area contributed by atoms with E-state index in [1.54, 1.807) is 6.07 Å². The van der Waals surface area contributed by atoms with Gasteiger partial charge in [-0.2, -0.15) is 0 Å². The number of carbonyl (C=O) groups is 2. The van der Waals surface area contributed by atoms with E-state index in [2.05, 4.69) is 5.32 Å². The molecule has 180 valence electrons. The number of sulfonamides is 1. The van der Waals surface area contributed by atoms with Crippen LogP contribution in [0.5, 0.6) is 0 Å². The summed E-state index contributed by atoms with van der Waals surface area (Å²) in [6.07, 6.45) is 1.50. The molecule has 1 unspecified atom stereocenters. The first-order valence-corrected chi connectivity index (χ1v) is 13.0. The molecular formula is C25H35N3O4S. The van der Waals surface area contributed by atoms with Crippen molar-refractivity contribution in [1.82, 2.24) is 10.2 Å². The highest BCUT2D eigenvalue weighted by molar-refractivity contribution is 7.92. The highest BCUT2D eigenvalue weighted by Crippen LogP contribution is 2.25. The molecule has 0 saturated heterocycles. The van der Waals surface area contributed by atoms with Crippen LogP contribution in [0, 0.1) is 20.8 Å². The monoisotopic (exact) mass is 473 g/mol. The molecule has 0 aliphatic carbocycles. The summed E-state index contributed by atoms with van der Waals surface area (Å²) in [5.41, 5.74) is 4.01. The molecule has 0 fully saturated rings. The van der Waals surface area contributed by atoms with Gasteiger partial charge in [-0.25, -0.2) is 8.42 Å². The number of hydrogen-bond acceptors (Lipinski definition) is 4. The van der Waals surface area contributed by atoms with Crippen LogP contribution in [0.25, 0.3) is 0 Å². The summed E-state index contributed by atoms with van der Waals surface area (Å²) in [5, 5.41) is 2.80. The van der Waals surface area contributed by atoms with Gasteiger partial charge in [-0.3, -0.25) is 13.9 Å². The number of aryl methyl sites for hydroxylation is 3. The molecule has 2 aromatic rings. The van der Waals surface area contributed by atoms with Gasteiger partial charge in [-0.1, -0.05) is 43.3 Å². The van der Waals surface area contributed by atoms with Crippen LogP contribution in [0.3, 0.4) is 0 Å². The van der Waals surface area contributed by atoms with E-state index >= 15 is 0 Å². The Kier molecular flexibility index (Phi) is 9.05. The third kappa shape index (κ3) is 6.81. The van der Waals surface area contributed by atoms with Gasteiger partial charge in [0, 0.05) is 13.1 Å². The summed E-state index contributed by atoms with van der Waals surface area (Å²) in [4.78, 5) is 27.9. The number of benzene rings is 2. The SMILES string of the molecule is CCNC(=O)C(CC)N(Cc1ccccc1C)C(=O)CN(c1cc(C)ccc1C)S(C)(=O)=O. The second kappa shape index (κ2) is 11.3. The van der Waals surface area contributed by atoms with Crippen LogP contribution in [0.4, 0.5) is 5.69 Å². The normalized spacial score (nSPS) is 12.2. The molecule has 0 bridgehead atoms. The maximum atomic E-state index is 13.6. The first-order chi connectivity index (χ1) is 15.5. The Labute approximate surface area is 197 Å². The third-order valence-corrected chi connectivity index (χ3v) is 6.78. The molecule has 0 radical (unpaired) electrons. The minimum Gasteiger partial charge on any atom is -0.355 e. The summed E-state index contributed by atoms with van der Waals surface area (Å²) < 4.78 is 26.6. The van der Waals surface area contributed by atoms with Gasteiger partial charge in [0.1, 0.15) is 12.6 Å². The minimum atomic E-state index is -3.74. The first-order valence-electron chi connectivity index (χ1n) is 11.2. The molecule has 2 rings (SSSR count). The zero-order valence-electron chi connectivity index (χ0n) is 20.4. The average molecular weight is 474 g/mol. The van der Waals surface area contributed by atoms with Crippen LogP contribution in [0.2, 0.25) is 0 Å². The Morgan fingerprint density at radius 1 is 1.00 bits per heavy atom. The lowest BCUT2D eigenvalue weighted by molar-refractivity contribution is -0.140. The molecule has 0 aliphatic rings. The number of nitrogens with zero attached hydrogens (tertiary/aromatic N) is 2. The van der Waals surface area contributed by atoms with Crippen LogP contribution in [0.15, 0.2) is 42.5 Å². The lowest BCUT2D eigenvalue weighted by atomic mass is 10.1. The average Bonchev–Trinajstić information content (AvgIpc) is 2.74. The molecule has 8 heteroatoms. The summed E-state index contributed by atoms with van der Waals surface area (Å²) in [6.45, 7) is 9.57. The Bertz CT molecular complexity index is 1100. The summed E-state index contributed by atoms with van der Waals surface area (Å²) >= 11 is 0. The third-order valence-electron chi connectivity index (χ3n) is 5.65. The summed E-state index contributed by atoms with van der Waals surface area (Å²) in [5.74, 6) is -0.678. The lowest BCUT2D eigenvalue weighted by Crippen LogP contribution is -2.52. The zero-order valence-corrected chi connectivity index (χ0v) is 21.2. The maximum Gasteiger partial charge on any atom is 0.244 e. The van der Waals surface area contributed by atoms with Crippen molar-refractivity contribution in [2.45, 2.75) is 53.6 Å². The molecule has 0 saturated carbocycles. The topological polar surface area (TPSA) is 86.8 Å². The van der Waals surface area contributed by atoms with Gasteiger partial charge in [0.15, 0.2) is 0 Å². The molecule has 0 heterocycles. The Hall–Kier alpha value is -2.87. The van der Waals surface area contributed by atoms with Crippen molar-refractivity contribution in [3.05, 3.63) is 64.7 Å². The van der Waals surface area contributed by atoms with Crippen LogP contribution in [-0.2, 0) is 26.2 Å². The fourth-order valence-electron chi connectivity index (χ4n) is 3.77. The molecule has 2 aromatic carbocycles. The molecule has 0 aromatic heterocycles. The number of amides is 2. The van der Waals surface area contributed by atoms with E-state index in [1.807, 2.05) is 71.0 Å². The van der Waals surface area contributed by atoms with Gasteiger partial charge in [0.25, 0.3) is 0 Å². The Morgan fingerprint density at radius 3 is 2.24 bits per heavy atom. The number of likely N-dealkylation sites (N-methyl/N-ethyl adjacent to an activating group) is 1. The Balaban J connectivity index is 2.49. The number of nitrogens with one attached hydrogen (secondary N) is 1. The standard InChI is InChI=1S/C25H35N3O4S/c1-7-22(25(30)26-8-2)27(16-21-12-10-9-11-19(21)4)24(29)17-28(33(6,31)32)23-15-18(3)13-14-20(23)5/h9-15,22H,7-8,16-17H2,1-6H3,(H,26,30). The van der Waals surface area contributed by atoms with Crippen molar-refractivity contribution >= 4 is 27.5 Å². The fraction of sp³-hybridized carbons (Fsp3) is 0.440. The summed E-state index contributed by atoms with van der Waals surface area (Å²) in [6, 6.07) is 12.4. The molecule has 33 heavy (non-hydrogen) atoms. The smallest absolute Gasteiger partial charge is 0.244 e. The minimum absolute atomic E-state index is 0.214. The largest absolute Gasteiger partial charge is 0.355 e. The van der Waals surface area contributed by atoms with Crippen LogP contribution in [-0.4, -0.2) is 50.5 Å². The molecule has 2 amide bonds. The highest BCUT2D eigenvalue weighted by atomic mass is 32.2. The van der Waals surface area contributed by atoms with Crippen LogP contribution < -0.4 is 9.62 Å². The molecular weight excluding hydrogens is 438 g/mol. The molecule has 0 aliphatic heterocycles. The van der Waals surface area contributed by atoms with Crippen molar-refractivity contribution in [1.29, 1.82) is 0 Å². The van der Waals surface area contributed by atoms with Gasteiger partial charge in [-0.05, 0) is 62.4 Å². The predicted molar refractivity (Wildman–Crippen MR) is 133 cm³/mol. The van der Waals surface area contributed by atoms with Gasteiger partial charge in [0.2, 0.25) is 21.8 Å². The van der Waals surface area contributed by atoms with Gasteiger partial charge >= 0.3 is 0 Å². The van der Waals surface area contributed by atoms with Crippen molar-refractivity contribution in [3.8, 4) is 0 Å². The van der Waals surface area contributed by atoms with Crippen LogP contribution in [0.1, 0.15) is 42.5 Å². The van der Waals surface area contributed by atoms with Gasteiger partial charge in [-0.15, -0.1) is 0 Å². The van der Waals surface area contributed by atoms with E-state index in [0.29, 0.717) is 18.7 Å². The van der Waals surface area contributed by atoms with Gasteiger partial charge in [0.05, 0.1) is 11.9 Å². The first kappa shape index (κ1) is 26.4. The van der Waals surface area contributed by atoms with Crippen LogP contribution >= 0.6 is 0 Å². The second-order valence-electron chi connectivity index (χ2n) is 8.33. The number of anilines is 1. The van der Waals surface area contributed by atoms with E-state index in [1.165, 1.54) is 4.90 Å². The fourth-order valence-corrected chi connectivity index (χ4v) is 4.66. The van der Waals surface area contributed by atoms with Crippen molar-refractivity contribution in [2.24, 2.45) is 0 Å². The lowest BCUT2D eigenvalue weighted by Gasteiger charge is -2.33. The number of rotatable bonds is 10. The molecule has 7 nitrogen and oxygen atoms in total. The van der Waals surface area contributed by atoms with E-state index in [0.717, 1.165) is 32.8 Å². The van der Waals surface area contributed by atoms with E-state index in [9.17, 15) is 18.0 Å². The van der Waals surface area contributed by atoms with Crippen molar-refractivity contribution < 1.29 is 18.0 Å². The number of hydrogen-bond donors (Lipinski definition) is 1. The number of carbonyl (C=O) groups excluding carboxylic acids is 2. The Morgan fingerprint density at radius 2 is 1.67 bits per heavy atom. The van der Waals surface area contributed by atoms with E-state index in [-0.39, 0.29) is 19.0 Å². The highest BCUT2D eigenvalue weighted by Gasteiger charge is 2.32. The second-order valence-corrected chi connectivity index (χ2v) is 10.2. The molecule has 1 atom stereocenters. The van der Waals surface area contributed by atoms with Crippen molar-refractivity contribution in [2.75, 3.05) is 23.7 Å². The van der Waals surface area contributed by atoms with Gasteiger partial charge < -0.3 is 10.2 Å². The molecule has 0 spiro atoms. The van der Waals surface area contributed by atoms with Crippen molar-refractivity contribution in [3.63, 3.8) is 0 Å². The summed E-state index contributed by atoms with van der Waals surface area (Å²) in [7, 11) is -3.74. The van der Waals surface area contributed by atoms with E-state index < -0.39 is 22.0 Å². The quantitative estimate of drug-likeness (QED) is 0.574. The molecule has 1 N–H and O–H groups in total. The maximum absolute atomic E-state index is 13.6.